The second-order valence-corrected chi connectivity index (χ2v) is 6.89. The van der Waals surface area contributed by atoms with Crippen LogP contribution in [0, 0.1) is 6.92 Å². The van der Waals surface area contributed by atoms with E-state index in [1.54, 1.807) is 7.11 Å². The first kappa shape index (κ1) is 16.0. The molecule has 128 valence electrons. The molecule has 1 aromatic heterocycles. The maximum Gasteiger partial charge on any atom is 0.118 e. The van der Waals surface area contributed by atoms with E-state index in [9.17, 15) is 0 Å². The van der Waals surface area contributed by atoms with Crippen LogP contribution in [0.4, 0.5) is 0 Å². The zero-order valence-electron chi connectivity index (χ0n) is 15.1. The van der Waals surface area contributed by atoms with Crippen molar-refractivity contribution in [3.8, 4) is 5.75 Å². The molecule has 1 aliphatic heterocycles. The molecule has 0 radical (unpaired) electrons. The van der Waals surface area contributed by atoms with E-state index in [0.29, 0.717) is 0 Å². The lowest BCUT2D eigenvalue weighted by atomic mass is 10.0. The van der Waals surface area contributed by atoms with E-state index in [0.717, 1.165) is 25.3 Å². The zero-order valence-corrected chi connectivity index (χ0v) is 15.1. The van der Waals surface area contributed by atoms with E-state index in [2.05, 4.69) is 66.0 Å². The number of ether oxygens (including phenoxy) is 1. The minimum atomic E-state index is 0.888. The molecule has 3 nitrogen and oxygen atoms in total. The van der Waals surface area contributed by atoms with Crippen LogP contribution < -0.4 is 4.74 Å². The summed E-state index contributed by atoms with van der Waals surface area (Å²) in [5.41, 5.74) is 6.72. The van der Waals surface area contributed by atoms with Gasteiger partial charge in [0, 0.05) is 36.8 Å². The zero-order chi connectivity index (χ0) is 17.4. The largest absolute Gasteiger partial charge is 0.497 e. The smallest absolute Gasteiger partial charge is 0.118 e. The van der Waals surface area contributed by atoms with E-state index in [1.165, 1.54) is 33.3 Å². The maximum absolute atomic E-state index is 5.24. The van der Waals surface area contributed by atoms with Gasteiger partial charge in [0.15, 0.2) is 0 Å². The van der Waals surface area contributed by atoms with Gasteiger partial charge in [-0.2, -0.15) is 0 Å². The molecule has 4 rings (SSSR count). The summed E-state index contributed by atoms with van der Waals surface area (Å²) in [7, 11) is 3.90. The second kappa shape index (κ2) is 6.41. The Kier molecular flexibility index (Phi) is 4.10. The van der Waals surface area contributed by atoms with Gasteiger partial charge in [0.05, 0.1) is 12.6 Å². The molecule has 0 bridgehead atoms. The fraction of sp³-hybridized carbons (Fsp3) is 0.273. The predicted molar refractivity (Wildman–Crippen MR) is 105 cm³/mol. The highest BCUT2D eigenvalue weighted by Crippen LogP contribution is 2.31. The van der Waals surface area contributed by atoms with Gasteiger partial charge in [-0.3, -0.25) is 0 Å². The van der Waals surface area contributed by atoms with E-state index in [4.69, 9.17) is 4.74 Å². The van der Waals surface area contributed by atoms with Crippen molar-refractivity contribution in [1.29, 1.82) is 0 Å². The van der Waals surface area contributed by atoms with Crippen molar-refractivity contribution in [3.63, 3.8) is 0 Å². The van der Waals surface area contributed by atoms with Gasteiger partial charge in [-0.1, -0.05) is 23.8 Å². The number of aryl methyl sites for hydroxylation is 1. The Labute approximate surface area is 149 Å². The maximum atomic E-state index is 5.24. The molecule has 0 spiro atoms. The number of fused-ring (bicyclic) bond motifs is 3. The summed E-state index contributed by atoms with van der Waals surface area (Å²) in [6.07, 6.45) is 5.48. The lowest BCUT2D eigenvalue weighted by molar-refractivity contribution is 0.312. The number of nitrogens with zero attached hydrogens (tertiary/aromatic N) is 2. The Morgan fingerprint density at radius 1 is 1.08 bits per heavy atom. The van der Waals surface area contributed by atoms with Crippen molar-refractivity contribution in [2.45, 2.75) is 19.9 Å². The summed E-state index contributed by atoms with van der Waals surface area (Å²) >= 11 is 0. The molecule has 0 saturated heterocycles. The Morgan fingerprint density at radius 3 is 2.64 bits per heavy atom. The minimum absolute atomic E-state index is 0.888. The van der Waals surface area contributed by atoms with Gasteiger partial charge in [0.25, 0.3) is 0 Å². The van der Waals surface area contributed by atoms with E-state index in [1.807, 2.05) is 12.1 Å². The van der Waals surface area contributed by atoms with Gasteiger partial charge in [-0.15, -0.1) is 0 Å². The summed E-state index contributed by atoms with van der Waals surface area (Å²) in [5, 5.41) is 1.39. The Morgan fingerprint density at radius 2 is 1.88 bits per heavy atom. The molecule has 0 N–H and O–H groups in total. The first-order valence-corrected chi connectivity index (χ1v) is 8.79. The first-order valence-electron chi connectivity index (χ1n) is 8.79. The molecule has 1 aliphatic rings. The van der Waals surface area contributed by atoms with Gasteiger partial charge in [-0.25, -0.2) is 0 Å². The van der Waals surface area contributed by atoms with Crippen molar-refractivity contribution in [2.75, 3.05) is 20.7 Å². The van der Waals surface area contributed by atoms with Crippen molar-refractivity contribution >= 4 is 23.2 Å². The van der Waals surface area contributed by atoms with Crippen molar-refractivity contribution in [3.05, 3.63) is 64.8 Å². The van der Waals surface area contributed by atoms with Crippen molar-refractivity contribution in [1.82, 2.24) is 9.47 Å². The van der Waals surface area contributed by atoms with Crippen LogP contribution in [0.3, 0.4) is 0 Å². The number of methoxy groups -OCH3 is 1. The molecule has 0 unspecified atom stereocenters. The SMILES string of the molecule is COc1ccc(C=Cn2c3c(c4cc(C)ccc42)CN(C)CC3)cc1. The lowest BCUT2D eigenvalue weighted by Gasteiger charge is -2.23. The third kappa shape index (κ3) is 2.96. The summed E-state index contributed by atoms with van der Waals surface area (Å²) in [4.78, 5) is 2.40. The van der Waals surface area contributed by atoms with Crippen LogP contribution in [0.1, 0.15) is 22.4 Å². The average molecular weight is 332 g/mol. The van der Waals surface area contributed by atoms with Crippen LogP contribution in [0.5, 0.6) is 5.75 Å². The molecular weight excluding hydrogens is 308 g/mol. The highest BCUT2D eigenvalue weighted by Gasteiger charge is 2.21. The average Bonchev–Trinajstić information content (AvgIpc) is 2.92. The van der Waals surface area contributed by atoms with Gasteiger partial charge in [0.1, 0.15) is 5.75 Å². The molecule has 0 fully saturated rings. The lowest BCUT2D eigenvalue weighted by Crippen LogP contribution is -2.26. The van der Waals surface area contributed by atoms with Crippen molar-refractivity contribution in [2.24, 2.45) is 0 Å². The fourth-order valence-corrected chi connectivity index (χ4v) is 3.69. The number of likely N-dealkylation sites (N-methyl/N-ethyl adjacent to an activating group) is 1. The van der Waals surface area contributed by atoms with E-state index < -0.39 is 0 Å². The number of benzene rings is 2. The summed E-state index contributed by atoms with van der Waals surface area (Å²) in [6, 6.07) is 15.0. The first-order chi connectivity index (χ1) is 12.2. The number of rotatable bonds is 3. The van der Waals surface area contributed by atoms with Crippen LogP contribution in [0.25, 0.3) is 23.2 Å². The monoisotopic (exact) mass is 332 g/mol. The number of hydrogen-bond donors (Lipinski definition) is 0. The number of hydrogen-bond acceptors (Lipinski definition) is 2. The summed E-state index contributed by atoms with van der Waals surface area (Å²) < 4.78 is 7.62. The minimum Gasteiger partial charge on any atom is -0.497 e. The normalized spacial score (nSPS) is 15.0. The fourth-order valence-electron chi connectivity index (χ4n) is 3.69. The Balaban J connectivity index is 1.79. The van der Waals surface area contributed by atoms with Crippen LogP contribution >= 0.6 is 0 Å². The van der Waals surface area contributed by atoms with Crippen LogP contribution in [0.15, 0.2) is 42.5 Å². The highest BCUT2D eigenvalue weighted by atomic mass is 16.5. The van der Waals surface area contributed by atoms with E-state index in [-0.39, 0.29) is 0 Å². The van der Waals surface area contributed by atoms with Gasteiger partial charge in [-0.05, 0) is 55.4 Å². The van der Waals surface area contributed by atoms with Gasteiger partial charge < -0.3 is 14.2 Å². The molecule has 0 aliphatic carbocycles. The molecule has 25 heavy (non-hydrogen) atoms. The summed E-state index contributed by atoms with van der Waals surface area (Å²) in [6.45, 7) is 4.31. The molecule has 3 aromatic rings. The van der Waals surface area contributed by atoms with Gasteiger partial charge >= 0.3 is 0 Å². The van der Waals surface area contributed by atoms with Crippen molar-refractivity contribution < 1.29 is 4.74 Å². The predicted octanol–water partition coefficient (Wildman–Crippen LogP) is 4.57. The topological polar surface area (TPSA) is 17.4 Å². The third-order valence-corrected chi connectivity index (χ3v) is 5.07. The molecule has 2 aromatic carbocycles. The molecular formula is C22H24N2O. The molecule has 0 saturated carbocycles. The number of aromatic nitrogens is 1. The molecule has 0 amide bonds. The molecule has 3 heteroatoms. The van der Waals surface area contributed by atoms with Crippen LogP contribution in [0.2, 0.25) is 0 Å². The van der Waals surface area contributed by atoms with Gasteiger partial charge in [0.2, 0.25) is 0 Å². The molecule has 2 heterocycles. The standard InChI is InChI=1S/C22H24N2O/c1-16-4-9-21-19(14-16)20-15-23(2)12-11-22(20)24(21)13-10-17-5-7-18(25-3)8-6-17/h4-10,13-14H,11-12,15H2,1-3H3. The second-order valence-electron chi connectivity index (χ2n) is 6.89. The Hall–Kier alpha value is -2.52. The summed E-state index contributed by atoms with van der Waals surface area (Å²) in [5.74, 6) is 0.888. The third-order valence-electron chi connectivity index (χ3n) is 5.07. The molecule has 0 atom stereocenters. The van der Waals surface area contributed by atoms with Crippen LogP contribution in [-0.2, 0) is 13.0 Å². The quantitative estimate of drug-likeness (QED) is 0.699. The van der Waals surface area contributed by atoms with Crippen LogP contribution in [-0.4, -0.2) is 30.2 Å². The highest BCUT2D eigenvalue weighted by molar-refractivity contribution is 5.89. The Bertz CT molecular complexity index is 935. The van der Waals surface area contributed by atoms with E-state index >= 15 is 0 Å².